The second-order valence-electron chi connectivity index (χ2n) is 21.3. The van der Waals surface area contributed by atoms with Crippen LogP contribution in [0.3, 0.4) is 0 Å². The van der Waals surface area contributed by atoms with E-state index in [4.69, 9.17) is 31.3 Å². The highest BCUT2D eigenvalue weighted by molar-refractivity contribution is 8.01. The number of nitrogens with zero attached hydrogens (tertiary/aromatic N) is 4. The van der Waals surface area contributed by atoms with Gasteiger partial charge in [0, 0.05) is 80.4 Å². The van der Waals surface area contributed by atoms with E-state index in [9.17, 15) is 4.79 Å². The van der Waals surface area contributed by atoms with Gasteiger partial charge in [-0.3, -0.25) is 35.5 Å². The Kier molecular flexibility index (Phi) is 15.6. The number of anilines is 1. The number of hydrogen-bond acceptors (Lipinski definition) is 14. The second kappa shape index (κ2) is 21.8. The fourth-order valence-corrected chi connectivity index (χ4v) is 15.7. The molecule has 14 nitrogen and oxygen atoms in total. The predicted molar refractivity (Wildman–Crippen MR) is 271 cm³/mol. The first-order chi connectivity index (χ1) is 33.2. The lowest BCUT2D eigenvalue weighted by molar-refractivity contribution is -0.127. The van der Waals surface area contributed by atoms with Crippen LogP contribution in [0.5, 0.6) is 5.75 Å². The van der Waals surface area contributed by atoms with E-state index in [1.165, 1.54) is 61.9 Å². The van der Waals surface area contributed by atoms with Crippen molar-refractivity contribution in [3.8, 4) is 11.8 Å². The number of amides is 1. The third-order valence-electron chi connectivity index (χ3n) is 16.9. The van der Waals surface area contributed by atoms with E-state index in [0.29, 0.717) is 58.3 Å². The number of rotatable bonds is 13. The number of carbonyl (C=O) groups is 1. The van der Waals surface area contributed by atoms with Crippen LogP contribution in [0.15, 0.2) is 47.5 Å². The smallest absolute Gasteiger partial charge is 0.225 e. The van der Waals surface area contributed by atoms with Gasteiger partial charge in [0.15, 0.2) is 0 Å². The zero-order chi connectivity index (χ0) is 46.8. The molecule has 0 bridgehead atoms. The molecule has 2 aliphatic carbocycles. The van der Waals surface area contributed by atoms with E-state index in [0.717, 1.165) is 71.3 Å². The SMILES string of the molecule is CC1SC2(C3CCCCC3)C(C(c3ccc(NCCC4CCCN(C5NCC(C(=O)NC6CCC(Oc7ccc(C#N)c(Cl)c7)CC6)CN5)C4)cc3)=NC(CC3NCCO3)C3NNC(C)N32)C1C. The topological polar surface area (TPSA) is 162 Å². The second-order valence-corrected chi connectivity index (χ2v) is 23.3. The van der Waals surface area contributed by atoms with Crippen LogP contribution in [0.25, 0.3) is 0 Å². The summed E-state index contributed by atoms with van der Waals surface area (Å²) in [6.45, 7) is 13.4. The van der Waals surface area contributed by atoms with Gasteiger partial charge in [-0.2, -0.15) is 5.26 Å². The average molecular weight is 971 g/mol. The molecule has 8 aliphatic rings. The normalized spacial score (nSPS) is 37.1. The number of likely N-dealkylation sites (tertiary alicyclic amines) is 1. The third kappa shape index (κ3) is 10.3. The minimum atomic E-state index is -0.101. The van der Waals surface area contributed by atoms with Crippen LogP contribution >= 0.6 is 23.4 Å². The minimum absolute atomic E-state index is 0.0228. The van der Waals surface area contributed by atoms with Gasteiger partial charge >= 0.3 is 0 Å². The zero-order valence-corrected chi connectivity index (χ0v) is 42.1. The molecule has 16 heteroatoms. The molecule has 7 fully saturated rings. The summed E-state index contributed by atoms with van der Waals surface area (Å²) in [7, 11) is 0. The summed E-state index contributed by atoms with van der Waals surface area (Å²) in [5, 5.41) is 28.2. The van der Waals surface area contributed by atoms with E-state index < -0.39 is 0 Å². The molecule has 9 atom stereocenters. The van der Waals surface area contributed by atoms with Crippen molar-refractivity contribution in [1.82, 2.24) is 41.9 Å². The molecule has 1 amide bonds. The van der Waals surface area contributed by atoms with Crippen molar-refractivity contribution in [2.24, 2.45) is 34.6 Å². The summed E-state index contributed by atoms with van der Waals surface area (Å²) in [4.78, 5) is 24.6. The summed E-state index contributed by atoms with van der Waals surface area (Å²) >= 11 is 8.47. The van der Waals surface area contributed by atoms with Crippen molar-refractivity contribution in [2.45, 2.75) is 157 Å². The number of halogens is 1. The number of fused-ring (bicyclic) bond motifs is 3. The van der Waals surface area contributed by atoms with Crippen molar-refractivity contribution < 1.29 is 14.3 Å². The average Bonchev–Trinajstić information content (AvgIpc) is 4.07. The van der Waals surface area contributed by atoms with Crippen LogP contribution in [-0.4, -0.2) is 120 Å². The van der Waals surface area contributed by atoms with Crippen LogP contribution in [0.1, 0.15) is 115 Å². The van der Waals surface area contributed by atoms with E-state index in [1.54, 1.807) is 18.2 Å². The van der Waals surface area contributed by atoms with Crippen molar-refractivity contribution in [1.29, 1.82) is 5.26 Å². The maximum absolute atomic E-state index is 13.4. The van der Waals surface area contributed by atoms with Crippen molar-refractivity contribution >= 4 is 40.7 Å². The van der Waals surface area contributed by atoms with Crippen LogP contribution < -0.4 is 42.2 Å². The number of nitriles is 1. The largest absolute Gasteiger partial charge is 0.490 e. The van der Waals surface area contributed by atoms with Gasteiger partial charge in [-0.15, -0.1) is 11.8 Å². The van der Waals surface area contributed by atoms with Gasteiger partial charge in [0.05, 0.1) is 52.5 Å². The number of benzene rings is 2. The van der Waals surface area contributed by atoms with Crippen molar-refractivity contribution in [3.05, 3.63) is 58.6 Å². The lowest BCUT2D eigenvalue weighted by Gasteiger charge is -2.52. The highest BCUT2D eigenvalue weighted by Gasteiger charge is 2.65. The highest BCUT2D eigenvalue weighted by Crippen LogP contribution is 2.62. The van der Waals surface area contributed by atoms with E-state index in [1.807, 2.05) is 0 Å². The monoisotopic (exact) mass is 970 g/mol. The fourth-order valence-electron chi connectivity index (χ4n) is 13.2. The predicted octanol–water partition coefficient (Wildman–Crippen LogP) is 6.58. The summed E-state index contributed by atoms with van der Waals surface area (Å²) < 4.78 is 12.3. The van der Waals surface area contributed by atoms with Gasteiger partial charge in [-0.1, -0.05) is 56.8 Å². The molecule has 5 saturated heterocycles. The maximum atomic E-state index is 13.4. The summed E-state index contributed by atoms with van der Waals surface area (Å²) in [5.41, 5.74) is 11.7. The molecule has 0 aromatic heterocycles. The fraction of sp³-hybridized carbons (Fsp3) is 0.712. The summed E-state index contributed by atoms with van der Waals surface area (Å²) in [5.74, 6) is 2.76. The Labute approximate surface area is 413 Å². The Hall–Kier alpha value is -3.01. The van der Waals surface area contributed by atoms with Crippen molar-refractivity contribution in [2.75, 3.05) is 51.2 Å². The molecular formula is C52H76ClN11O3S. The first-order valence-electron chi connectivity index (χ1n) is 26.3. The zero-order valence-electron chi connectivity index (χ0n) is 40.5. The Morgan fingerprint density at radius 3 is 2.51 bits per heavy atom. The molecule has 10 rings (SSSR count). The number of carbonyl (C=O) groups excluding carboxylic acids is 1. The Morgan fingerprint density at radius 2 is 1.78 bits per heavy atom. The molecule has 6 aliphatic heterocycles. The van der Waals surface area contributed by atoms with Gasteiger partial charge in [0.1, 0.15) is 24.3 Å². The van der Waals surface area contributed by atoms with Gasteiger partial charge in [-0.25, -0.2) is 10.9 Å². The molecule has 2 aromatic carbocycles. The number of ether oxygens (including phenoxy) is 2. The standard InChI is InChI=1S/C52H76ClN11O3S/c1-32-33(2)68-52(39-9-5-4-6-10-39)47(32)48(60-45(27-46-56-23-25-66-46)49-62-61-34(3)64(49)52)36-11-14-40(15-12-36)55-22-21-35-8-7-24-63(31-35)51-57-29-38(30-58-51)50(65)59-41-16-19-42(20-17-41)67-43-18-13-37(28-54)44(53)26-43/h11-15,18,26,32-35,38-39,41-42,45-47,49,51,55-58,61-62H,4-10,16-17,19-25,27,29-31H2,1-3H3,(H,59,65). The van der Waals surface area contributed by atoms with Gasteiger partial charge in [0.25, 0.3) is 0 Å². The van der Waals surface area contributed by atoms with Gasteiger partial charge < -0.3 is 20.1 Å². The first kappa shape index (κ1) is 48.6. The van der Waals surface area contributed by atoms with Crippen molar-refractivity contribution in [3.63, 3.8) is 0 Å². The molecule has 0 radical (unpaired) electrons. The maximum Gasteiger partial charge on any atom is 0.225 e. The summed E-state index contributed by atoms with van der Waals surface area (Å²) in [6.07, 6.45) is 14.9. The lowest BCUT2D eigenvalue weighted by atomic mass is 9.70. The van der Waals surface area contributed by atoms with E-state index >= 15 is 0 Å². The number of nitrogens with one attached hydrogen (secondary N) is 7. The molecule has 2 aromatic rings. The Balaban J connectivity index is 0.718. The number of piperidine rings is 1. The molecule has 68 heavy (non-hydrogen) atoms. The number of hydrogen-bond donors (Lipinski definition) is 7. The number of thioether (sulfide) groups is 1. The van der Waals surface area contributed by atoms with Crippen LogP contribution in [-0.2, 0) is 9.53 Å². The van der Waals surface area contributed by atoms with E-state index in [-0.39, 0.29) is 59.7 Å². The molecule has 2 saturated carbocycles. The lowest BCUT2D eigenvalue weighted by Crippen LogP contribution is -2.64. The molecular weight excluding hydrogens is 894 g/mol. The molecule has 370 valence electrons. The highest BCUT2D eigenvalue weighted by atomic mass is 35.5. The minimum Gasteiger partial charge on any atom is -0.490 e. The van der Waals surface area contributed by atoms with Crippen LogP contribution in [0.4, 0.5) is 5.69 Å². The van der Waals surface area contributed by atoms with Crippen LogP contribution in [0.2, 0.25) is 5.02 Å². The number of aliphatic imine (C=N–C) groups is 1. The van der Waals surface area contributed by atoms with Gasteiger partial charge in [-0.05, 0) is 112 Å². The Morgan fingerprint density at radius 1 is 0.985 bits per heavy atom. The van der Waals surface area contributed by atoms with Crippen LogP contribution in [0, 0.1) is 40.9 Å². The van der Waals surface area contributed by atoms with E-state index in [2.05, 4.69) is 110 Å². The first-order valence-corrected chi connectivity index (χ1v) is 27.5. The number of hydrazine groups is 1. The quantitative estimate of drug-likeness (QED) is 0.116. The molecule has 7 N–H and O–H groups in total. The molecule has 0 spiro atoms. The Bertz CT molecular complexity index is 2100. The molecule has 6 heterocycles. The summed E-state index contributed by atoms with van der Waals surface area (Å²) in [6, 6.07) is 16.8. The third-order valence-corrected chi connectivity index (χ3v) is 19.2. The van der Waals surface area contributed by atoms with Gasteiger partial charge in [0.2, 0.25) is 5.91 Å². The molecule has 9 unspecified atom stereocenters.